The van der Waals surface area contributed by atoms with Crippen molar-refractivity contribution in [2.45, 2.75) is 26.7 Å². The van der Waals surface area contributed by atoms with Crippen LogP contribution in [0.4, 0.5) is 0 Å². The second kappa shape index (κ2) is 6.78. The molecule has 1 saturated carbocycles. The van der Waals surface area contributed by atoms with Crippen molar-refractivity contribution in [2.75, 3.05) is 13.2 Å². The van der Waals surface area contributed by atoms with Crippen molar-refractivity contribution in [3.8, 4) is 17.0 Å². The second-order valence-corrected chi connectivity index (χ2v) is 6.62. The molecule has 4 rings (SSSR count). The number of aryl methyl sites for hydroxylation is 1. The van der Waals surface area contributed by atoms with Crippen molar-refractivity contribution >= 4 is 17.0 Å². The summed E-state index contributed by atoms with van der Waals surface area (Å²) in [4.78, 5) is 24.0. The van der Waals surface area contributed by atoms with Crippen molar-refractivity contribution in [3.63, 3.8) is 0 Å². The number of carbonyl (C=O) groups is 1. The van der Waals surface area contributed by atoms with Crippen LogP contribution in [0.2, 0.25) is 0 Å². The molecule has 0 saturated heterocycles. The zero-order valence-electron chi connectivity index (χ0n) is 14.9. The molecular formula is C20H21N3O3. The van der Waals surface area contributed by atoms with E-state index in [1.165, 1.54) is 19.2 Å². The van der Waals surface area contributed by atoms with Crippen LogP contribution in [0, 0.1) is 12.8 Å². The number of hydrogen-bond acceptors (Lipinski definition) is 5. The van der Waals surface area contributed by atoms with Crippen molar-refractivity contribution in [3.05, 3.63) is 41.9 Å². The number of carbonyl (C=O) groups excluding carboxylic acids is 1. The quantitative estimate of drug-likeness (QED) is 0.682. The number of ether oxygens (including phenoxy) is 2. The van der Waals surface area contributed by atoms with E-state index in [-0.39, 0.29) is 0 Å². The molecule has 1 aliphatic rings. The van der Waals surface area contributed by atoms with Crippen LogP contribution in [0.3, 0.4) is 0 Å². The van der Waals surface area contributed by atoms with Crippen LogP contribution in [-0.4, -0.2) is 34.1 Å². The molecule has 3 aromatic rings. The molecule has 0 bridgehead atoms. The van der Waals surface area contributed by atoms with Gasteiger partial charge in [-0.2, -0.15) is 0 Å². The van der Waals surface area contributed by atoms with Crippen LogP contribution in [0.1, 0.15) is 35.7 Å². The lowest BCUT2D eigenvalue weighted by Crippen LogP contribution is -2.04. The van der Waals surface area contributed by atoms with E-state index in [2.05, 4.69) is 21.0 Å². The number of aromatic amines is 1. The fourth-order valence-electron chi connectivity index (χ4n) is 2.95. The first-order chi connectivity index (χ1) is 12.7. The number of nitrogens with one attached hydrogen (secondary N) is 1. The molecule has 26 heavy (non-hydrogen) atoms. The van der Waals surface area contributed by atoms with Gasteiger partial charge in [-0.1, -0.05) is 11.6 Å². The highest BCUT2D eigenvalue weighted by Crippen LogP contribution is 2.36. The number of esters is 1. The molecule has 1 fully saturated rings. The minimum atomic E-state index is -0.391. The van der Waals surface area contributed by atoms with E-state index in [4.69, 9.17) is 9.47 Å². The summed E-state index contributed by atoms with van der Waals surface area (Å²) in [6.07, 6.45) is 5.57. The first kappa shape index (κ1) is 16.6. The molecule has 0 spiro atoms. The van der Waals surface area contributed by atoms with E-state index >= 15 is 0 Å². The molecule has 0 atom stereocenters. The van der Waals surface area contributed by atoms with Crippen LogP contribution in [-0.2, 0) is 4.74 Å². The molecule has 1 aliphatic carbocycles. The van der Waals surface area contributed by atoms with Gasteiger partial charge in [0.15, 0.2) is 0 Å². The fraction of sp³-hybridized carbons (Fsp3) is 0.350. The summed E-state index contributed by atoms with van der Waals surface area (Å²) in [6, 6.07) is 6.06. The topological polar surface area (TPSA) is 77.1 Å². The maximum atomic E-state index is 12.1. The second-order valence-electron chi connectivity index (χ2n) is 6.62. The molecule has 2 aromatic heterocycles. The highest BCUT2D eigenvalue weighted by Gasteiger charge is 2.23. The molecule has 1 aromatic carbocycles. The number of nitrogens with zero attached hydrogens (tertiary/aromatic N) is 2. The summed E-state index contributed by atoms with van der Waals surface area (Å²) >= 11 is 0. The maximum Gasteiger partial charge on any atom is 0.341 e. The van der Waals surface area contributed by atoms with Gasteiger partial charge in [0, 0.05) is 11.8 Å². The van der Waals surface area contributed by atoms with Crippen LogP contribution in [0.25, 0.3) is 22.3 Å². The molecule has 6 nitrogen and oxygen atoms in total. The third-order valence-electron chi connectivity index (χ3n) is 4.52. The lowest BCUT2D eigenvalue weighted by atomic mass is 10.1. The van der Waals surface area contributed by atoms with Gasteiger partial charge < -0.3 is 14.5 Å². The largest absolute Gasteiger partial charge is 0.493 e. The summed E-state index contributed by atoms with van der Waals surface area (Å²) in [7, 11) is 0. The zero-order chi connectivity index (χ0) is 18.1. The monoisotopic (exact) mass is 351 g/mol. The molecule has 2 heterocycles. The molecular weight excluding hydrogens is 330 g/mol. The summed E-state index contributed by atoms with van der Waals surface area (Å²) < 4.78 is 11.2. The Kier molecular flexibility index (Phi) is 4.32. The summed E-state index contributed by atoms with van der Waals surface area (Å²) in [5.41, 5.74) is 4.41. The van der Waals surface area contributed by atoms with Gasteiger partial charge in [-0.15, -0.1) is 0 Å². The zero-order valence-corrected chi connectivity index (χ0v) is 14.9. The first-order valence-electron chi connectivity index (χ1n) is 8.90. The Balaban J connectivity index is 1.79. The van der Waals surface area contributed by atoms with Crippen molar-refractivity contribution in [1.29, 1.82) is 0 Å². The van der Waals surface area contributed by atoms with Crippen LogP contribution >= 0.6 is 0 Å². The van der Waals surface area contributed by atoms with E-state index in [0.29, 0.717) is 29.1 Å². The summed E-state index contributed by atoms with van der Waals surface area (Å²) in [5.74, 6) is 1.07. The predicted octanol–water partition coefficient (Wildman–Crippen LogP) is 3.90. The summed E-state index contributed by atoms with van der Waals surface area (Å²) in [6.45, 7) is 4.86. The van der Waals surface area contributed by atoms with Gasteiger partial charge in [0.25, 0.3) is 0 Å². The highest BCUT2D eigenvalue weighted by atomic mass is 16.5. The van der Waals surface area contributed by atoms with Crippen molar-refractivity contribution in [1.82, 2.24) is 15.0 Å². The number of aromatic nitrogens is 3. The van der Waals surface area contributed by atoms with Gasteiger partial charge in [-0.3, -0.25) is 0 Å². The molecule has 6 heteroatoms. The third kappa shape index (κ3) is 3.14. The van der Waals surface area contributed by atoms with Crippen LogP contribution < -0.4 is 4.74 Å². The molecule has 1 N–H and O–H groups in total. The Morgan fingerprint density at radius 2 is 2.15 bits per heavy atom. The molecule has 0 amide bonds. The minimum Gasteiger partial charge on any atom is -0.493 e. The highest BCUT2D eigenvalue weighted by molar-refractivity contribution is 6.05. The number of rotatable bonds is 6. The summed E-state index contributed by atoms with van der Waals surface area (Å²) in [5, 5.41) is 0. The Morgan fingerprint density at radius 3 is 2.92 bits per heavy atom. The normalized spacial score (nSPS) is 13.8. The van der Waals surface area contributed by atoms with E-state index < -0.39 is 5.97 Å². The lowest BCUT2D eigenvalue weighted by molar-refractivity contribution is 0.0528. The number of H-pyrrole nitrogens is 1. The van der Waals surface area contributed by atoms with Crippen molar-refractivity contribution in [2.24, 2.45) is 5.92 Å². The molecule has 0 unspecified atom stereocenters. The fourth-order valence-corrected chi connectivity index (χ4v) is 2.95. The molecule has 134 valence electrons. The van der Waals surface area contributed by atoms with E-state index in [0.717, 1.165) is 29.2 Å². The Morgan fingerprint density at radius 1 is 1.31 bits per heavy atom. The van der Waals surface area contributed by atoms with Gasteiger partial charge in [0.05, 0.1) is 18.7 Å². The van der Waals surface area contributed by atoms with E-state index in [1.54, 1.807) is 13.1 Å². The first-order valence-corrected chi connectivity index (χ1v) is 8.90. The van der Waals surface area contributed by atoms with Crippen molar-refractivity contribution < 1.29 is 14.3 Å². The Hall–Kier alpha value is -2.89. The lowest BCUT2D eigenvalue weighted by Gasteiger charge is -2.12. The number of fused-ring (bicyclic) bond motifs is 1. The van der Waals surface area contributed by atoms with Gasteiger partial charge in [0.2, 0.25) is 0 Å². The van der Waals surface area contributed by atoms with Crippen LogP contribution in [0.15, 0.2) is 30.7 Å². The average molecular weight is 351 g/mol. The van der Waals surface area contributed by atoms with Gasteiger partial charge in [0.1, 0.15) is 28.9 Å². The SMILES string of the molecule is CCOC(=O)c1c[nH]c2c(-c3cc(C)ccc3OCC3CC3)ncnc12. The predicted molar refractivity (Wildman–Crippen MR) is 98.2 cm³/mol. The van der Waals surface area contributed by atoms with Crippen LogP contribution in [0.5, 0.6) is 5.75 Å². The number of hydrogen-bond donors (Lipinski definition) is 1. The van der Waals surface area contributed by atoms with Gasteiger partial charge in [-0.25, -0.2) is 14.8 Å². The van der Waals surface area contributed by atoms with E-state index in [9.17, 15) is 4.79 Å². The van der Waals surface area contributed by atoms with Gasteiger partial charge in [-0.05, 0) is 44.7 Å². The smallest absolute Gasteiger partial charge is 0.341 e. The van der Waals surface area contributed by atoms with Gasteiger partial charge >= 0.3 is 5.97 Å². The Bertz CT molecular complexity index is 960. The minimum absolute atomic E-state index is 0.320. The average Bonchev–Trinajstić information content (AvgIpc) is 3.37. The van der Waals surface area contributed by atoms with E-state index in [1.807, 2.05) is 19.1 Å². The Labute approximate surface area is 151 Å². The third-order valence-corrected chi connectivity index (χ3v) is 4.52. The number of benzene rings is 1. The standard InChI is InChI=1S/C20H21N3O3/c1-3-25-20(24)15-9-21-19-17(22-11-23-18(15)19)14-8-12(2)4-7-16(14)26-10-13-5-6-13/h4,7-9,11,13,21H,3,5-6,10H2,1-2H3. The molecule has 0 radical (unpaired) electrons. The molecule has 0 aliphatic heterocycles. The maximum absolute atomic E-state index is 12.1.